The van der Waals surface area contributed by atoms with Crippen LogP contribution < -0.4 is 0 Å². The van der Waals surface area contributed by atoms with Gasteiger partial charge in [-0.3, -0.25) is 0 Å². The van der Waals surface area contributed by atoms with Gasteiger partial charge in [-0.25, -0.2) is 15.0 Å². The Morgan fingerprint density at radius 2 is 0.959 bits per heavy atom. The molecule has 0 aliphatic carbocycles. The summed E-state index contributed by atoms with van der Waals surface area (Å²) in [4.78, 5) is 15.7. The number of benzene rings is 8. The second-order valence-corrected chi connectivity index (χ2v) is 12.4. The van der Waals surface area contributed by atoms with Gasteiger partial charge in [0.15, 0.2) is 17.5 Å². The van der Waals surface area contributed by atoms with E-state index in [1.165, 1.54) is 21.5 Å². The standard InChI is InChI=1S/C45H27N3O/c1-2-13-29(14-3-1)43-46-44(38-25-32-16-6-7-17-34(32)35-18-8-9-19-36(35)38)48-45(47-43)39-26-33(31-23-22-28-12-4-5-15-30(28)24-31)27-41-42(39)37-20-10-11-21-40(37)49-41/h1-27H. The fraction of sp³-hybridized carbons (Fsp3) is 0. The second-order valence-electron chi connectivity index (χ2n) is 12.4. The van der Waals surface area contributed by atoms with Gasteiger partial charge in [-0.2, -0.15) is 0 Å². The monoisotopic (exact) mass is 625 g/mol. The summed E-state index contributed by atoms with van der Waals surface area (Å²) in [6.45, 7) is 0. The lowest BCUT2D eigenvalue weighted by Gasteiger charge is -2.13. The Labute approximate surface area is 282 Å². The SMILES string of the molecule is c1ccc(-c2nc(-c3cc4ccccc4c4ccccc34)nc(-c3cc(-c4ccc5ccccc5c4)cc4oc5ccccc5c34)n2)cc1. The highest BCUT2D eigenvalue weighted by molar-refractivity contribution is 6.15. The van der Waals surface area contributed by atoms with Gasteiger partial charge in [0.05, 0.1) is 0 Å². The van der Waals surface area contributed by atoms with Crippen LogP contribution in [0.3, 0.4) is 0 Å². The smallest absolute Gasteiger partial charge is 0.164 e. The number of para-hydroxylation sites is 1. The van der Waals surface area contributed by atoms with E-state index >= 15 is 0 Å². The Balaban J connectivity index is 1.29. The van der Waals surface area contributed by atoms with Crippen LogP contribution in [0.5, 0.6) is 0 Å². The molecule has 10 aromatic rings. The first-order chi connectivity index (χ1) is 24.3. The van der Waals surface area contributed by atoms with Gasteiger partial charge in [-0.1, -0.05) is 133 Å². The normalized spacial score (nSPS) is 11.7. The molecule has 0 saturated carbocycles. The summed E-state index contributed by atoms with van der Waals surface area (Å²) in [6, 6.07) is 56.9. The summed E-state index contributed by atoms with van der Waals surface area (Å²) in [5, 5.41) is 9.00. The molecule has 0 spiro atoms. The summed E-state index contributed by atoms with van der Waals surface area (Å²) in [7, 11) is 0. The number of furan rings is 1. The first-order valence-corrected chi connectivity index (χ1v) is 16.4. The minimum absolute atomic E-state index is 0.597. The van der Waals surface area contributed by atoms with Crippen LogP contribution in [0.15, 0.2) is 168 Å². The Hall–Kier alpha value is -6.65. The van der Waals surface area contributed by atoms with Crippen molar-refractivity contribution in [2.24, 2.45) is 0 Å². The molecule has 0 N–H and O–H groups in total. The topological polar surface area (TPSA) is 51.8 Å². The predicted molar refractivity (Wildman–Crippen MR) is 201 cm³/mol. The summed E-state index contributed by atoms with van der Waals surface area (Å²) >= 11 is 0. The van der Waals surface area contributed by atoms with Crippen molar-refractivity contribution in [1.29, 1.82) is 0 Å². The van der Waals surface area contributed by atoms with Crippen molar-refractivity contribution in [3.8, 4) is 45.3 Å². The summed E-state index contributed by atoms with van der Waals surface area (Å²) < 4.78 is 6.53. The largest absolute Gasteiger partial charge is 0.456 e. The molecular weight excluding hydrogens is 599 g/mol. The highest BCUT2D eigenvalue weighted by Crippen LogP contribution is 2.41. The van der Waals surface area contributed by atoms with E-state index in [1.54, 1.807) is 0 Å². The van der Waals surface area contributed by atoms with Gasteiger partial charge in [-0.05, 0) is 73.8 Å². The molecule has 0 amide bonds. The number of aromatic nitrogens is 3. The van der Waals surface area contributed by atoms with Gasteiger partial charge in [0.2, 0.25) is 0 Å². The molecule has 4 heteroatoms. The Kier molecular flexibility index (Phi) is 6.15. The van der Waals surface area contributed by atoms with E-state index in [9.17, 15) is 0 Å². The van der Waals surface area contributed by atoms with Crippen molar-refractivity contribution in [1.82, 2.24) is 15.0 Å². The van der Waals surface area contributed by atoms with Crippen LogP contribution in [-0.2, 0) is 0 Å². The molecule has 0 aliphatic heterocycles. The van der Waals surface area contributed by atoms with Crippen molar-refractivity contribution >= 4 is 54.3 Å². The number of fused-ring (bicyclic) bond motifs is 7. The maximum atomic E-state index is 6.53. The fourth-order valence-electron chi connectivity index (χ4n) is 7.14. The molecular formula is C45H27N3O. The van der Waals surface area contributed by atoms with Crippen LogP contribution >= 0.6 is 0 Å². The molecule has 10 rings (SSSR count). The zero-order chi connectivity index (χ0) is 32.3. The minimum atomic E-state index is 0.597. The fourth-order valence-corrected chi connectivity index (χ4v) is 7.14. The third kappa shape index (κ3) is 4.57. The zero-order valence-electron chi connectivity index (χ0n) is 26.3. The van der Waals surface area contributed by atoms with Crippen molar-refractivity contribution in [2.45, 2.75) is 0 Å². The molecule has 0 fully saturated rings. The van der Waals surface area contributed by atoms with E-state index < -0.39 is 0 Å². The molecule has 0 atom stereocenters. The van der Waals surface area contributed by atoms with Crippen LogP contribution in [0.25, 0.3) is 99.5 Å². The summed E-state index contributed by atoms with van der Waals surface area (Å²) in [5.41, 5.74) is 6.54. The van der Waals surface area contributed by atoms with Crippen molar-refractivity contribution in [3.05, 3.63) is 164 Å². The van der Waals surface area contributed by atoms with Gasteiger partial charge < -0.3 is 4.42 Å². The van der Waals surface area contributed by atoms with Crippen LogP contribution in [0.2, 0.25) is 0 Å². The van der Waals surface area contributed by atoms with Gasteiger partial charge in [-0.15, -0.1) is 0 Å². The van der Waals surface area contributed by atoms with E-state index in [0.717, 1.165) is 60.5 Å². The Bertz CT molecular complexity index is 2890. The molecule has 0 aliphatic rings. The number of rotatable bonds is 4. The van der Waals surface area contributed by atoms with E-state index in [0.29, 0.717) is 17.5 Å². The highest BCUT2D eigenvalue weighted by atomic mass is 16.3. The van der Waals surface area contributed by atoms with Crippen molar-refractivity contribution < 1.29 is 4.42 Å². The first-order valence-electron chi connectivity index (χ1n) is 16.4. The van der Waals surface area contributed by atoms with Gasteiger partial charge in [0.25, 0.3) is 0 Å². The predicted octanol–water partition coefficient (Wildman–Crippen LogP) is 11.9. The number of hydrogen-bond donors (Lipinski definition) is 0. The molecule has 0 bridgehead atoms. The summed E-state index contributed by atoms with van der Waals surface area (Å²) in [6.07, 6.45) is 0. The molecule has 0 radical (unpaired) electrons. The van der Waals surface area contributed by atoms with Crippen LogP contribution in [0, 0.1) is 0 Å². The van der Waals surface area contributed by atoms with Crippen LogP contribution in [-0.4, -0.2) is 15.0 Å². The molecule has 2 aromatic heterocycles. The molecule has 2 heterocycles. The van der Waals surface area contributed by atoms with E-state index in [2.05, 4.69) is 127 Å². The maximum Gasteiger partial charge on any atom is 0.164 e. The lowest BCUT2D eigenvalue weighted by molar-refractivity contribution is 0.669. The molecule has 0 saturated heterocycles. The van der Waals surface area contributed by atoms with Gasteiger partial charge >= 0.3 is 0 Å². The Morgan fingerprint density at radius 1 is 0.327 bits per heavy atom. The molecule has 8 aromatic carbocycles. The third-order valence-electron chi connectivity index (χ3n) is 9.48. The summed E-state index contributed by atoms with van der Waals surface area (Å²) in [5.74, 6) is 1.85. The van der Waals surface area contributed by atoms with Crippen molar-refractivity contribution in [3.63, 3.8) is 0 Å². The Morgan fingerprint density at radius 3 is 1.80 bits per heavy atom. The van der Waals surface area contributed by atoms with E-state index in [1.807, 2.05) is 36.4 Å². The molecule has 228 valence electrons. The number of hydrogen-bond acceptors (Lipinski definition) is 4. The number of nitrogens with zero attached hydrogens (tertiary/aromatic N) is 3. The molecule has 49 heavy (non-hydrogen) atoms. The van der Waals surface area contributed by atoms with Gasteiger partial charge in [0.1, 0.15) is 11.2 Å². The van der Waals surface area contributed by atoms with Crippen LogP contribution in [0.1, 0.15) is 0 Å². The average molecular weight is 626 g/mol. The zero-order valence-corrected chi connectivity index (χ0v) is 26.3. The third-order valence-corrected chi connectivity index (χ3v) is 9.48. The first kappa shape index (κ1) is 27.5. The quantitative estimate of drug-likeness (QED) is 0.183. The maximum absolute atomic E-state index is 6.53. The van der Waals surface area contributed by atoms with E-state index in [4.69, 9.17) is 19.4 Å². The lowest BCUT2D eigenvalue weighted by Crippen LogP contribution is -2.01. The van der Waals surface area contributed by atoms with Gasteiger partial charge in [0, 0.05) is 27.5 Å². The van der Waals surface area contributed by atoms with E-state index in [-0.39, 0.29) is 0 Å². The molecule has 4 nitrogen and oxygen atoms in total. The second kappa shape index (κ2) is 11.0. The van der Waals surface area contributed by atoms with Crippen LogP contribution in [0.4, 0.5) is 0 Å². The molecule has 0 unspecified atom stereocenters. The highest BCUT2D eigenvalue weighted by Gasteiger charge is 2.21. The minimum Gasteiger partial charge on any atom is -0.456 e. The average Bonchev–Trinajstić information content (AvgIpc) is 3.56. The van der Waals surface area contributed by atoms with Crippen molar-refractivity contribution in [2.75, 3.05) is 0 Å². The lowest BCUT2D eigenvalue weighted by atomic mass is 9.96.